The monoisotopic (exact) mass is 273 g/mol. The van der Waals surface area contributed by atoms with Crippen molar-refractivity contribution in [3.8, 4) is 6.07 Å². The van der Waals surface area contributed by atoms with Crippen molar-refractivity contribution in [1.29, 1.82) is 5.26 Å². The summed E-state index contributed by atoms with van der Waals surface area (Å²) in [6.45, 7) is 4.67. The molecule has 0 aromatic rings. The van der Waals surface area contributed by atoms with Gasteiger partial charge in [0.2, 0.25) is 10.0 Å². The molecule has 1 saturated heterocycles. The summed E-state index contributed by atoms with van der Waals surface area (Å²) in [6, 6.07) is 1.75. The molecule has 3 unspecified atom stereocenters. The van der Waals surface area contributed by atoms with Crippen LogP contribution in [0.5, 0.6) is 0 Å². The Balaban J connectivity index is 2.91. The molecule has 1 rings (SSSR count). The van der Waals surface area contributed by atoms with Gasteiger partial charge in [-0.2, -0.15) is 9.57 Å². The third kappa shape index (κ3) is 3.02. The number of sulfonamides is 1. The van der Waals surface area contributed by atoms with E-state index < -0.39 is 15.3 Å². The van der Waals surface area contributed by atoms with Crippen LogP contribution in [0.25, 0.3) is 0 Å². The van der Waals surface area contributed by atoms with Crippen LogP contribution in [-0.2, 0) is 10.0 Å². The van der Waals surface area contributed by atoms with E-state index in [1.807, 2.05) is 6.07 Å². The second-order valence-electron chi connectivity index (χ2n) is 4.87. The fourth-order valence-corrected chi connectivity index (χ4v) is 4.39. The molecule has 18 heavy (non-hydrogen) atoms. The van der Waals surface area contributed by atoms with Gasteiger partial charge in [-0.1, -0.05) is 20.3 Å². The van der Waals surface area contributed by atoms with Crippen molar-refractivity contribution in [2.24, 2.45) is 11.7 Å². The van der Waals surface area contributed by atoms with Crippen molar-refractivity contribution in [2.45, 2.75) is 50.8 Å². The average molecular weight is 273 g/mol. The molecule has 1 aliphatic heterocycles. The lowest BCUT2D eigenvalue weighted by Crippen LogP contribution is -2.52. The maximum atomic E-state index is 12.4. The Labute approximate surface area is 110 Å². The second kappa shape index (κ2) is 6.50. The van der Waals surface area contributed by atoms with Crippen LogP contribution < -0.4 is 5.73 Å². The van der Waals surface area contributed by atoms with Gasteiger partial charge in [0, 0.05) is 19.1 Å². The Morgan fingerprint density at radius 3 is 2.61 bits per heavy atom. The van der Waals surface area contributed by atoms with Crippen LogP contribution in [0.1, 0.15) is 39.5 Å². The van der Waals surface area contributed by atoms with Crippen molar-refractivity contribution < 1.29 is 8.42 Å². The topological polar surface area (TPSA) is 87.2 Å². The van der Waals surface area contributed by atoms with Gasteiger partial charge < -0.3 is 5.73 Å². The number of hydrogen-bond acceptors (Lipinski definition) is 4. The molecule has 0 amide bonds. The lowest BCUT2D eigenvalue weighted by Gasteiger charge is -2.38. The lowest BCUT2D eigenvalue weighted by molar-refractivity contribution is 0.197. The van der Waals surface area contributed by atoms with E-state index in [-0.39, 0.29) is 6.04 Å². The molecule has 104 valence electrons. The summed E-state index contributed by atoms with van der Waals surface area (Å²) < 4.78 is 26.2. The van der Waals surface area contributed by atoms with E-state index >= 15 is 0 Å². The third-order valence-corrected chi connectivity index (χ3v) is 6.11. The molecular weight excluding hydrogens is 250 g/mol. The number of nitrogens with zero attached hydrogens (tertiary/aromatic N) is 2. The fraction of sp³-hybridized carbons (Fsp3) is 0.917. The minimum absolute atomic E-state index is 0.143. The van der Waals surface area contributed by atoms with Gasteiger partial charge >= 0.3 is 0 Å². The Morgan fingerprint density at radius 2 is 2.17 bits per heavy atom. The van der Waals surface area contributed by atoms with Crippen molar-refractivity contribution in [3.05, 3.63) is 0 Å². The zero-order valence-electron chi connectivity index (χ0n) is 11.2. The number of hydrogen-bond donors (Lipinski definition) is 1. The van der Waals surface area contributed by atoms with Crippen LogP contribution in [0.2, 0.25) is 0 Å². The summed E-state index contributed by atoms with van der Waals surface area (Å²) in [4.78, 5) is 0. The Hall–Kier alpha value is -0.640. The van der Waals surface area contributed by atoms with E-state index in [0.717, 1.165) is 19.3 Å². The van der Waals surface area contributed by atoms with Gasteiger partial charge in [-0.15, -0.1) is 0 Å². The first-order chi connectivity index (χ1) is 8.51. The van der Waals surface area contributed by atoms with Crippen molar-refractivity contribution in [2.75, 3.05) is 13.1 Å². The minimum atomic E-state index is -3.52. The predicted octanol–water partition coefficient (Wildman–Crippen LogP) is 1.07. The SMILES string of the molecule is CCC1CCN(S(=O)(=O)C(C#N)CC)C(CN)C1. The number of rotatable bonds is 5. The first-order valence-corrected chi connectivity index (χ1v) is 8.11. The number of piperidine rings is 1. The van der Waals surface area contributed by atoms with Gasteiger partial charge in [-0.05, 0) is 25.2 Å². The van der Waals surface area contributed by atoms with Gasteiger partial charge in [0.1, 0.15) is 0 Å². The zero-order valence-corrected chi connectivity index (χ0v) is 12.0. The number of nitrogens with two attached hydrogens (primary N) is 1. The molecule has 0 aromatic heterocycles. The van der Waals surface area contributed by atoms with Crippen molar-refractivity contribution in [1.82, 2.24) is 4.31 Å². The normalized spacial score (nSPS) is 27.7. The fourth-order valence-electron chi connectivity index (χ4n) is 2.56. The summed E-state index contributed by atoms with van der Waals surface area (Å²) in [5.41, 5.74) is 5.70. The van der Waals surface area contributed by atoms with Crippen LogP contribution >= 0.6 is 0 Å². The van der Waals surface area contributed by atoms with E-state index in [4.69, 9.17) is 11.0 Å². The summed E-state index contributed by atoms with van der Waals surface area (Å²) in [7, 11) is -3.52. The first kappa shape index (κ1) is 15.4. The molecule has 1 aliphatic rings. The zero-order chi connectivity index (χ0) is 13.8. The smallest absolute Gasteiger partial charge is 0.230 e. The van der Waals surface area contributed by atoms with Crippen LogP contribution in [-0.4, -0.2) is 37.1 Å². The van der Waals surface area contributed by atoms with Crippen molar-refractivity contribution in [3.63, 3.8) is 0 Å². The highest BCUT2D eigenvalue weighted by Gasteiger charge is 2.38. The van der Waals surface area contributed by atoms with Crippen LogP contribution in [0, 0.1) is 17.2 Å². The van der Waals surface area contributed by atoms with Gasteiger partial charge in [-0.25, -0.2) is 8.42 Å². The van der Waals surface area contributed by atoms with Gasteiger partial charge in [0.15, 0.2) is 5.25 Å². The molecule has 0 radical (unpaired) electrons. The maximum Gasteiger partial charge on any atom is 0.230 e. The minimum Gasteiger partial charge on any atom is -0.329 e. The second-order valence-corrected chi connectivity index (χ2v) is 6.94. The molecule has 0 aliphatic carbocycles. The summed E-state index contributed by atoms with van der Waals surface area (Å²) in [5.74, 6) is 0.548. The summed E-state index contributed by atoms with van der Waals surface area (Å²) in [5, 5.41) is 8.02. The standard InChI is InChI=1S/C12H23N3O2S/c1-3-10-5-6-15(11(7-10)8-13)18(16,17)12(4-2)9-14/h10-12H,3-8,13H2,1-2H3. The maximum absolute atomic E-state index is 12.4. The molecule has 2 N–H and O–H groups in total. The van der Waals surface area contributed by atoms with E-state index in [0.29, 0.717) is 25.4 Å². The molecule has 1 fully saturated rings. The Bertz CT molecular complexity index is 402. The van der Waals surface area contributed by atoms with Crippen LogP contribution in [0.4, 0.5) is 0 Å². The molecule has 3 atom stereocenters. The van der Waals surface area contributed by atoms with E-state index in [1.54, 1.807) is 6.92 Å². The molecule has 6 heteroatoms. The molecule has 0 aromatic carbocycles. The molecule has 1 heterocycles. The average Bonchev–Trinajstić information content (AvgIpc) is 2.38. The van der Waals surface area contributed by atoms with E-state index in [2.05, 4.69) is 6.92 Å². The van der Waals surface area contributed by atoms with Gasteiger partial charge in [0.05, 0.1) is 6.07 Å². The van der Waals surface area contributed by atoms with Gasteiger partial charge in [0.25, 0.3) is 0 Å². The highest BCUT2D eigenvalue weighted by atomic mass is 32.2. The quantitative estimate of drug-likeness (QED) is 0.811. The lowest BCUT2D eigenvalue weighted by atomic mass is 9.90. The van der Waals surface area contributed by atoms with Crippen molar-refractivity contribution >= 4 is 10.0 Å². The largest absolute Gasteiger partial charge is 0.329 e. The van der Waals surface area contributed by atoms with Crippen LogP contribution in [0.3, 0.4) is 0 Å². The Kier molecular flexibility index (Phi) is 5.57. The van der Waals surface area contributed by atoms with E-state index in [9.17, 15) is 8.42 Å². The Morgan fingerprint density at radius 1 is 1.50 bits per heavy atom. The predicted molar refractivity (Wildman–Crippen MR) is 71.2 cm³/mol. The molecule has 0 spiro atoms. The van der Waals surface area contributed by atoms with Crippen LogP contribution in [0.15, 0.2) is 0 Å². The molecule has 0 bridgehead atoms. The molecule has 0 saturated carbocycles. The van der Waals surface area contributed by atoms with E-state index in [1.165, 1.54) is 4.31 Å². The summed E-state index contributed by atoms with van der Waals surface area (Å²) in [6.07, 6.45) is 3.06. The first-order valence-electron chi connectivity index (χ1n) is 6.61. The highest BCUT2D eigenvalue weighted by Crippen LogP contribution is 2.28. The molecular formula is C12H23N3O2S. The number of nitriles is 1. The molecule has 5 nitrogen and oxygen atoms in total. The third-order valence-electron chi connectivity index (χ3n) is 3.82. The highest BCUT2D eigenvalue weighted by molar-refractivity contribution is 7.90. The summed E-state index contributed by atoms with van der Waals surface area (Å²) >= 11 is 0. The van der Waals surface area contributed by atoms with Gasteiger partial charge in [-0.3, -0.25) is 0 Å².